The number of pyridine rings is 1. The molecule has 0 aliphatic rings. The first-order valence-corrected chi connectivity index (χ1v) is 9.34. The minimum absolute atomic E-state index is 0.434. The third-order valence-corrected chi connectivity index (χ3v) is 4.90. The van der Waals surface area contributed by atoms with Gasteiger partial charge < -0.3 is 15.2 Å². The molecule has 1 aromatic carbocycles. The van der Waals surface area contributed by atoms with Gasteiger partial charge in [-0.15, -0.1) is 11.3 Å². The van der Waals surface area contributed by atoms with E-state index >= 15 is 0 Å². The maximum Gasteiger partial charge on any atom is 0.181 e. The summed E-state index contributed by atoms with van der Waals surface area (Å²) in [5, 5.41) is 0.856. The van der Waals surface area contributed by atoms with Crippen molar-refractivity contribution in [3.8, 4) is 10.8 Å². The van der Waals surface area contributed by atoms with Crippen LogP contribution in [0.15, 0.2) is 73.0 Å². The van der Waals surface area contributed by atoms with Crippen LogP contribution in [0.4, 0.5) is 5.82 Å². The molecular formula is C22H22N2O2S. The molecule has 0 saturated carbocycles. The number of thiophene rings is 1. The highest BCUT2D eigenvalue weighted by Gasteiger charge is 2.09. The van der Waals surface area contributed by atoms with Crippen molar-refractivity contribution < 1.29 is 9.47 Å². The van der Waals surface area contributed by atoms with E-state index in [9.17, 15) is 0 Å². The van der Waals surface area contributed by atoms with Crippen LogP contribution in [0.1, 0.15) is 16.0 Å². The average molecular weight is 378 g/mol. The lowest BCUT2D eigenvalue weighted by molar-refractivity contribution is 0.370. The van der Waals surface area contributed by atoms with E-state index in [4.69, 9.17) is 15.2 Å². The minimum atomic E-state index is 0.434. The summed E-state index contributed by atoms with van der Waals surface area (Å²) in [7, 11) is 1.62. The fourth-order valence-electron chi connectivity index (χ4n) is 2.56. The standard InChI is InChI=1S/C22H22N2O2S/c1-15-6-8-17(9-7-15)26-21-11-10-18(27-21)13-16(2)14-20(25-3)19-5-4-12-24-22(19)23/h4-12,14H,2,13H2,1,3H3,(H2,23,24)/b20-14-. The topological polar surface area (TPSA) is 57.4 Å². The summed E-state index contributed by atoms with van der Waals surface area (Å²) in [6.45, 7) is 6.20. The van der Waals surface area contributed by atoms with Crippen LogP contribution < -0.4 is 10.5 Å². The van der Waals surface area contributed by atoms with E-state index in [1.54, 1.807) is 24.6 Å². The van der Waals surface area contributed by atoms with Gasteiger partial charge in [0.1, 0.15) is 17.3 Å². The van der Waals surface area contributed by atoms with Gasteiger partial charge in [-0.05, 0) is 55.0 Å². The van der Waals surface area contributed by atoms with E-state index in [-0.39, 0.29) is 0 Å². The Hall–Kier alpha value is -3.05. The number of aromatic nitrogens is 1. The second-order valence-electron chi connectivity index (χ2n) is 6.12. The smallest absolute Gasteiger partial charge is 0.181 e. The zero-order valence-electron chi connectivity index (χ0n) is 15.4. The number of hydrogen-bond donors (Lipinski definition) is 1. The molecule has 0 spiro atoms. The maximum atomic E-state index is 5.94. The Balaban J connectivity index is 1.68. The zero-order valence-corrected chi connectivity index (χ0v) is 16.3. The molecule has 0 bridgehead atoms. The SMILES string of the molecule is C=C(/C=C(\OC)c1cccnc1N)Cc1ccc(Oc2ccc(C)cc2)s1. The monoisotopic (exact) mass is 378 g/mol. The molecule has 0 aliphatic carbocycles. The number of rotatable bonds is 7. The number of aryl methyl sites for hydroxylation is 1. The lowest BCUT2D eigenvalue weighted by Gasteiger charge is -2.09. The molecule has 0 amide bonds. The molecule has 0 saturated heterocycles. The van der Waals surface area contributed by atoms with E-state index in [0.717, 1.165) is 26.8 Å². The van der Waals surface area contributed by atoms with Gasteiger partial charge in [0.05, 0.1) is 12.7 Å². The summed E-state index contributed by atoms with van der Waals surface area (Å²) in [6, 6.07) is 15.8. The first-order valence-electron chi connectivity index (χ1n) is 8.52. The van der Waals surface area contributed by atoms with Gasteiger partial charge >= 0.3 is 0 Å². The number of nitrogens with zero attached hydrogens (tertiary/aromatic N) is 1. The highest BCUT2D eigenvalue weighted by molar-refractivity contribution is 7.13. The van der Waals surface area contributed by atoms with Crippen LogP contribution in [0.5, 0.6) is 10.8 Å². The quantitative estimate of drug-likeness (QED) is 0.429. The predicted molar refractivity (Wildman–Crippen MR) is 112 cm³/mol. The molecule has 2 aromatic heterocycles. The Morgan fingerprint density at radius 1 is 1.19 bits per heavy atom. The number of anilines is 1. The van der Waals surface area contributed by atoms with Gasteiger partial charge in [-0.2, -0.15) is 0 Å². The molecular weight excluding hydrogens is 356 g/mol. The lowest BCUT2D eigenvalue weighted by Crippen LogP contribution is -1.98. The van der Waals surface area contributed by atoms with Crippen molar-refractivity contribution in [2.45, 2.75) is 13.3 Å². The van der Waals surface area contributed by atoms with E-state index in [1.165, 1.54) is 5.56 Å². The Bertz CT molecular complexity index is 958. The molecule has 0 atom stereocenters. The van der Waals surface area contributed by atoms with Crippen molar-refractivity contribution in [1.82, 2.24) is 4.98 Å². The summed E-state index contributed by atoms with van der Waals surface area (Å²) in [5.74, 6) is 1.92. The van der Waals surface area contributed by atoms with Crippen molar-refractivity contribution in [3.05, 3.63) is 89.0 Å². The molecule has 138 valence electrons. The van der Waals surface area contributed by atoms with E-state index in [0.29, 0.717) is 18.0 Å². The van der Waals surface area contributed by atoms with Gasteiger partial charge in [0.2, 0.25) is 0 Å². The largest absolute Gasteiger partial charge is 0.496 e. The van der Waals surface area contributed by atoms with Crippen LogP contribution >= 0.6 is 11.3 Å². The van der Waals surface area contributed by atoms with Crippen LogP contribution in [0.3, 0.4) is 0 Å². The van der Waals surface area contributed by atoms with Crippen molar-refractivity contribution in [2.24, 2.45) is 0 Å². The molecule has 5 heteroatoms. The number of methoxy groups -OCH3 is 1. The third kappa shape index (κ3) is 4.99. The molecule has 0 radical (unpaired) electrons. The molecule has 3 aromatic rings. The number of nitrogen functional groups attached to an aromatic ring is 1. The van der Waals surface area contributed by atoms with E-state index in [1.807, 2.05) is 48.5 Å². The predicted octanol–water partition coefficient (Wildman–Crippen LogP) is 5.61. The first-order chi connectivity index (χ1) is 13.0. The first kappa shape index (κ1) is 18.7. The fourth-order valence-corrected chi connectivity index (χ4v) is 3.49. The van der Waals surface area contributed by atoms with Crippen LogP contribution in [0, 0.1) is 6.92 Å². The summed E-state index contributed by atoms with van der Waals surface area (Å²) < 4.78 is 11.4. The highest BCUT2D eigenvalue weighted by Crippen LogP contribution is 2.31. The number of benzene rings is 1. The summed E-state index contributed by atoms with van der Waals surface area (Å²) in [4.78, 5) is 5.26. The molecule has 27 heavy (non-hydrogen) atoms. The van der Waals surface area contributed by atoms with Crippen LogP contribution in [0.2, 0.25) is 0 Å². The van der Waals surface area contributed by atoms with Crippen molar-refractivity contribution in [2.75, 3.05) is 12.8 Å². The van der Waals surface area contributed by atoms with Crippen LogP contribution in [-0.4, -0.2) is 12.1 Å². The molecule has 0 fully saturated rings. The lowest BCUT2D eigenvalue weighted by atomic mass is 10.1. The number of nitrogens with two attached hydrogens (primary N) is 1. The molecule has 2 heterocycles. The molecule has 4 nitrogen and oxygen atoms in total. The number of allylic oxidation sites excluding steroid dienone is 2. The van der Waals surface area contributed by atoms with Gasteiger partial charge in [-0.3, -0.25) is 0 Å². The van der Waals surface area contributed by atoms with Crippen LogP contribution in [-0.2, 0) is 11.2 Å². The Kier molecular flexibility index (Phi) is 5.94. The van der Waals surface area contributed by atoms with Crippen LogP contribution in [0.25, 0.3) is 5.76 Å². The third-order valence-electron chi connectivity index (χ3n) is 3.94. The fraction of sp³-hybridized carbons (Fsp3) is 0.136. The van der Waals surface area contributed by atoms with Gasteiger partial charge in [0.25, 0.3) is 0 Å². The van der Waals surface area contributed by atoms with Crippen molar-refractivity contribution >= 4 is 22.9 Å². The van der Waals surface area contributed by atoms with Gasteiger partial charge in [0, 0.05) is 17.5 Å². The molecule has 0 unspecified atom stereocenters. The second kappa shape index (κ2) is 8.56. The van der Waals surface area contributed by atoms with E-state index < -0.39 is 0 Å². The average Bonchev–Trinajstić information content (AvgIpc) is 3.09. The Morgan fingerprint density at radius 2 is 1.96 bits per heavy atom. The summed E-state index contributed by atoms with van der Waals surface area (Å²) in [5.41, 5.74) is 8.82. The Morgan fingerprint density at radius 3 is 2.67 bits per heavy atom. The molecule has 3 rings (SSSR count). The Labute approximate surface area is 163 Å². The number of ether oxygens (including phenoxy) is 2. The van der Waals surface area contributed by atoms with E-state index in [2.05, 4.69) is 24.6 Å². The van der Waals surface area contributed by atoms with Gasteiger partial charge in [0.15, 0.2) is 5.06 Å². The zero-order chi connectivity index (χ0) is 19.2. The number of hydrogen-bond acceptors (Lipinski definition) is 5. The van der Waals surface area contributed by atoms with Crippen molar-refractivity contribution in [1.29, 1.82) is 0 Å². The van der Waals surface area contributed by atoms with Gasteiger partial charge in [-0.1, -0.05) is 24.3 Å². The van der Waals surface area contributed by atoms with Gasteiger partial charge in [-0.25, -0.2) is 4.98 Å². The maximum absolute atomic E-state index is 5.94. The summed E-state index contributed by atoms with van der Waals surface area (Å²) in [6.07, 6.45) is 4.25. The normalized spacial score (nSPS) is 11.3. The minimum Gasteiger partial charge on any atom is -0.496 e. The summed E-state index contributed by atoms with van der Waals surface area (Å²) >= 11 is 1.60. The van der Waals surface area contributed by atoms with Crippen molar-refractivity contribution in [3.63, 3.8) is 0 Å². The molecule has 0 aliphatic heterocycles. The molecule has 2 N–H and O–H groups in total. The highest BCUT2D eigenvalue weighted by atomic mass is 32.1. The second-order valence-corrected chi connectivity index (χ2v) is 7.25.